The fourth-order valence-electron chi connectivity index (χ4n) is 9.14. The van der Waals surface area contributed by atoms with Crippen molar-refractivity contribution in [3.63, 3.8) is 0 Å². The van der Waals surface area contributed by atoms with Gasteiger partial charge in [0.15, 0.2) is 12.2 Å². The maximum absolute atomic E-state index is 13.0. The molecule has 3 N–H and O–H groups in total. The van der Waals surface area contributed by atoms with Gasteiger partial charge in [0.2, 0.25) is 0 Å². The van der Waals surface area contributed by atoms with Crippen molar-refractivity contribution >= 4 is 39.5 Å². The smallest absolute Gasteiger partial charge is 0.462 e. The van der Waals surface area contributed by atoms with Crippen LogP contribution in [0.15, 0.2) is 24.3 Å². The van der Waals surface area contributed by atoms with Crippen molar-refractivity contribution in [2.75, 3.05) is 39.6 Å². The number of phosphoric acid groups is 2. The molecule has 0 radical (unpaired) electrons. The Bertz CT molecular complexity index is 1740. The number of carbonyl (C=O) groups is 4. The summed E-state index contributed by atoms with van der Waals surface area (Å²) in [6, 6.07) is 0. The van der Waals surface area contributed by atoms with Crippen molar-refractivity contribution in [3.8, 4) is 0 Å². The lowest BCUT2D eigenvalue weighted by Gasteiger charge is -2.21. The summed E-state index contributed by atoms with van der Waals surface area (Å²) in [7, 11) is -9.90. The van der Waals surface area contributed by atoms with E-state index in [2.05, 4.69) is 65.8 Å². The van der Waals surface area contributed by atoms with Crippen LogP contribution in [0.4, 0.5) is 0 Å². The summed E-state index contributed by atoms with van der Waals surface area (Å²) in [5, 5.41) is 10.5. The van der Waals surface area contributed by atoms with Crippen LogP contribution < -0.4 is 0 Å². The van der Waals surface area contributed by atoms with Gasteiger partial charge in [-0.15, -0.1) is 0 Å². The highest BCUT2D eigenvalue weighted by molar-refractivity contribution is 7.47. The van der Waals surface area contributed by atoms with Crippen LogP contribution in [0.2, 0.25) is 0 Å². The number of ether oxygens (including phenoxy) is 4. The molecule has 0 saturated carbocycles. The normalized spacial score (nSPS) is 14.8. The Morgan fingerprint density at radius 1 is 0.393 bits per heavy atom. The SMILES string of the molecule is CCCCCC/C=C\C=C/CCCCCCCC(=O)O[C@H](COC(=O)CCCCCCCCC(C)CC)COP(=O)(O)OC[C@@H](O)COP(=O)(O)OC[C@@H](COC(=O)CCCCCCCCC(C)C)OC(=O)CCCCCCCCCCCC. The van der Waals surface area contributed by atoms with E-state index in [-0.39, 0.29) is 25.7 Å². The largest absolute Gasteiger partial charge is 0.472 e. The number of hydrogen-bond acceptors (Lipinski definition) is 15. The molecule has 0 bridgehead atoms. The minimum absolute atomic E-state index is 0.0837. The van der Waals surface area contributed by atoms with E-state index in [0.29, 0.717) is 31.6 Å². The summed E-state index contributed by atoms with van der Waals surface area (Å²) >= 11 is 0. The molecule has 0 saturated heterocycles. The maximum atomic E-state index is 13.0. The van der Waals surface area contributed by atoms with Crippen LogP contribution in [0, 0.1) is 11.8 Å². The molecule has 0 aliphatic carbocycles. The lowest BCUT2D eigenvalue weighted by atomic mass is 10.00. The number of aliphatic hydroxyl groups is 1. The quantitative estimate of drug-likeness (QED) is 0.0169. The zero-order valence-electron chi connectivity index (χ0n) is 53.7. The van der Waals surface area contributed by atoms with E-state index >= 15 is 0 Å². The predicted octanol–water partition coefficient (Wildman–Crippen LogP) is 17.6. The Morgan fingerprint density at radius 3 is 1.07 bits per heavy atom. The average molecular weight is 1240 g/mol. The second-order valence-electron chi connectivity index (χ2n) is 23.5. The van der Waals surface area contributed by atoms with E-state index in [1.165, 1.54) is 89.9 Å². The van der Waals surface area contributed by atoms with E-state index in [1.54, 1.807) is 0 Å². The molecule has 19 heteroatoms. The summed E-state index contributed by atoms with van der Waals surface area (Å²) in [5.74, 6) is -0.761. The number of unbranched alkanes of at least 4 members (excludes halogenated alkanes) is 28. The van der Waals surface area contributed by atoms with E-state index < -0.39 is 97.5 Å². The molecular weight excluding hydrogens is 1110 g/mol. The van der Waals surface area contributed by atoms with Crippen LogP contribution in [0.5, 0.6) is 0 Å². The minimum Gasteiger partial charge on any atom is -0.462 e. The second-order valence-corrected chi connectivity index (χ2v) is 26.4. The third-order valence-corrected chi connectivity index (χ3v) is 16.6. The zero-order chi connectivity index (χ0) is 62.2. The molecule has 0 fully saturated rings. The highest BCUT2D eigenvalue weighted by Gasteiger charge is 2.30. The second kappa shape index (κ2) is 57.0. The molecule has 17 nitrogen and oxygen atoms in total. The number of rotatable bonds is 62. The highest BCUT2D eigenvalue weighted by atomic mass is 31.2. The van der Waals surface area contributed by atoms with Gasteiger partial charge in [0.25, 0.3) is 0 Å². The molecule has 0 amide bonds. The first-order valence-electron chi connectivity index (χ1n) is 33.3. The number of phosphoric ester groups is 2. The molecule has 0 aliphatic heterocycles. The van der Waals surface area contributed by atoms with Crippen LogP contribution in [0.25, 0.3) is 0 Å². The summed E-state index contributed by atoms with van der Waals surface area (Å²) in [4.78, 5) is 72.2. The van der Waals surface area contributed by atoms with Gasteiger partial charge in [-0.25, -0.2) is 9.13 Å². The van der Waals surface area contributed by atoms with Gasteiger partial charge in [0.05, 0.1) is 26.4 Å². The Hall–Kier alpha value is -2.46. The zero-order valence-corrected chi connectivity index (χ0v) is 55.5. The van der Waals surface area contributed by atoms with Gasteiger partial charge in [-0.3, -0.25) is 37.3 Å². The molecular formula is C65H122O17P2. The average Bonchev–Trinajstić information content (AvgIpc) is 3.49. The van der Waals surface area contributed by atoms with Crippen molar-refractivity contribution in [1.29, 1.82) is 0 Å². The van der Waals surface area contributed by atoms with E-state index in [0.717, 1.165) is 121 Å². The minimum atomic E-state index is -4.95. The third-order valence-electron chi connectivity index (χ3n) is 14.7. The first-order chi connectivity index (χ1) is 40.4. The van der Waals surface area contributed by atoms with Crippen molar-refractivity contribution in [3.05, 3.63) is 24.3 Å². The van der Waals surface area contributed by atoms with Crippen molar-refractivity contribution < 1.29 is 80.2 Å². The number of aliphatic hydroxyl groups excluding tert-OH is 1. The van der Waals surface area contributed by atoms with Crippen molar-refractivity contribution in [2.24, 2.45) is 11.8 Å². The van der Waals surface area contributed by atoms with Crippen LogP contribution >= 0.6 is 15.6 Å². The molecule has 494 valence electrons. The van der Waals surface area contributed by atoms with Crippen molar-refractivity contribution in [2.45, 2.75) is 317 Å². The van der Waals surface area contributed by atoms with Gasteiger partial charge in [0, 0.05) is 25.7 Å². The number of hydrogen-bond donors (Lipinski definition) is 3. The topological polar surface area (TPSA) is 237 Å². The lowest BCUT2D eigenvalue weighted by molar-refractivity contribution is -0.161. The van der Waals surface area contributed by atoms with E-state index in [1.807, 2.05) is 0 Å². The van der Waals surface area contributed by atoms with Gasteiger partial charge < -0.3 is 33.8 Å². The fraction of sp³-hybridized carbons (Fsp3) is 0.877. The number of carbonyl (C=O) groups excluding carboxylic acids is 4. The van der Waals surface area contributed by atoms with Crippen molar-refractivity contribution in [1.82, 2.24) is 0 Å². The van der Waals surface area contributed by atoms with Crippen LogP contribution in [-0.4, -0.2) is 96.7 Å². The van der Waals surface area contributed by atoms with Gasteiger partial charge in [-0.2, -0.15) is 0 Å². The fourth-order valence-corrected chi connectivity index (χ4v) is 10.7. The lowest BCUT2D eigenvalue weighted by Crippen LogP contribution is -2.30. The summed E-state index contributed by atoms with van der Waals surface area (Å²) < 4.78 is 67.9. The molecule has 0 aromatic rings. The van der Waals surface area contributed by atoms with Gasteiger partial charge >= 0.3 is 39.5 Å². The maximum Gasteiger partial charge on any atom is 0.472 e. The first-order valence-corrected chi connectivity index (χ1v) is 36.3. The Balaban J connectivity index is 5.27. The van der Waals surface area contributed by atoms with Crippen LogP contribution in [0.3, 0.4) is 0 Å². The molecule has 0 aromatic heterocycles. The molecule has 0 aromatic carbocycles. The van der Waals surface area contributed by atoms with E-state index in [9.17, 15) is 43.2 Å². The molecule has 0 rings (SSSR count). The Labute approximate surface area is 510 Å². The summed E-state index contributed by atoms with van der Waals surface area (Å²) in [6.07, 6.45) is 42.7. The molecule has 84 heavy (non-hydrogen) atoms. The Kier molecular flexibility index (Phi) is 55.3. The predicted molar refractivity (Wildman–Crippen MR) is 335 cm³/mol. The first kappa shape index (κ1) is 81.5. The van der Waals surface area contributed by atoms with Gasteiger partial charge in [-0.05, 0) is 63.2 Å². The Morgan fingerprint density at radius 2 is 0.702 bits per heavy atom. The van der Waals surface area contributed by atoms with Crippen LogP contribution in [0.1, 0.15) is 298 Å². The molecule has 0 aliphatic rings. The summed E-state index contributed by atoms with van der Waals surface area (Å²) in [6.45, 7) is 9.30. The molecule has 6 atom stereocenters. The standard InChI is InChI=1S/C65H122O17P2/c1-7-10-12-14-16-18-20-21-22-23-24-26-28-38-44-50-65(70)82-61(54-76-63(68)48-42-36-32-30-34-40-46-58(6)9-3)56-80-84(73,74)78-52-59(66)51-77-83(71,72)79-55-60(53-75-62(67)47-41-35-31-29-33-39-45-57(4)5)81-64(69)49-43-37-27-25-19-17-15-13-11-8-2/h18,20-22,57-61,66H,7-17,19,23-56H2,1-6H3,(H,71,72)(H,73,74)/b20-18-,22-21-/t58?,59-,60+,61+/m0/s1. The number of esters is 4. The highest BCUT2D eigenvalue weighted by Crippen LogP contribution is 2.45. The van der Waals surface area contributed by atoms with Crippen LogP contribution in [-0.2, 0) is 65.4 Å². The third kappa shape index (κ3) is 57.3. The molecule has 0 heterocycles. The van der Waals surface area contributed by atoms with E-state index in [4.69, 9.17) is 37.0 Å². The van der Waals surface area contributed by atoms with Gasteiger partial charge in [-0.1, -0.05) is 246 Å². The monoisotopic (exact) mass is 1240 g/mol. The number of allylic oxidation sites excluding steroid dienone is 4. The molecule has 3 unspecified atom stereocenters. The van der Waals surface area contributed by atoms with Gasteiger partial charge in [0.1, 0.15) is 19.3 Å². The molecule has 0 spiro atoms. The summed E-state index contributed by atoms with van der Waals surface area (Å²) in [5.41, 5.74) is 0.